The molecule has 25 heavy (non-hydrogen) atoms. The molecule has 6 heteroatoms. The molecule has 0 aliphatic heterocycles. The Morgan fingerprint density at radius 2 is 1.96 bits per heavy atom. The summed E-state index contributed by atoms with van der Waals surface area (Å²) in [6.45, 7) is 0.370. The van der Waals surface area contributed by atoms with E-state index in [0.717, 1.165) is 27.0 Å². The molecule has 2 heterocycles. The van der Waals surface area contributed by atoms with Crippen molar-refractivity contribution in [3.8, 4) is 5.00 Å². The molecule has 0 radical (unpaired) electrons. The van der Waals surface area contributed by atoms with Crippen LogP contribution in [0.4, 0.5) is 0 Å². The zero-order chi connectivity index (χ0) is 17.1. The first kappa shape index (κ1) is 15.5. The lowest BCUT2D eigenvalue weighted by Gasteiger charge is -2.07. The Balaban J connectivity index is 1.41. The number of carbonyl (C=O) groups is 1. The molecule has 0 spiro atoms. The molecule has 2 aromatic carbocycles. The van der Waals surface area contributed by atoms with Crippen LogP contribution in [0.2, 0.25) is 0 Å². The van der Waals surface area contributed by atoms with E-state index in [-0.39, 0.29) is 5.91 Å². The summed E-state index contributed by atoms with van der Waals surface area (Å²) in [5.74, 6) is -0.0259. The van der Waals surface area contributed by atoms with Crippen LogP contribution in [-0.2, 0) is 17.8 Å². The van der Waals surface area contributed by atoms with Crippen molar-refractivity contribution in [2.75, 3.05) is 0 Å². The number of hydrogen-bond donors (Lipinski definition) is 1. The number of nitrogens with one attached hydrogen (secondary N) is 1. The standard InChI is InChI=1S/C19H16N4OS/c24-18(11-15-7-3-6-14-5-1-2-8-17(14)15)20-12-16-13-23(22-21-16)19-9-4-10-25-19/h1-10,13H,11-12H2,(H,20,24). The van der Waals surface area contributed by atoms with Crippen LogP contribution in [0.15, 0.2) is 66.2 Å². The van der Waals surface area contributed by atoms with E-state index in [1.54, 1.807) is 16.0 Å². The summed E-state index contributed by atoms with van der Waals surface area (Å²) in [6, 6.07) is 18.1. The Morgan fingerprint density at radius 3 is 2.84 bits per heavy atom. The highest BCUT2D eigenvalue weighted by Crippen LogP contribution is 2.19. The Hall–Kier alpha value is -2.99. The molecule has 124 valence electrons. The molecule has 0 fully saturated rings. The van der Waals surface area contributed by atoms with E-state index in [2.05, 4.69) is 27.8 Å². The molecule has 1 amide bonds. The first-order valence-electron chi connectivity index (χ1n) is 7.98. The first-order chi connectivity index (χ1) is 12.3. The van der Waals surface area contributed by atoms with Gasteiger partial charge in [-0.25, -0.2) is 4.68 Å². The van der Waals surface area contributed by atoms with Gasteiger partial charge in [-0.15, -0.1) is 16.4 Å². The van der Waals surface area contributed by atoms with E-state index >= 15 is 0 Å². The molecule has 5 nitrogen and oxygen atoms in total. The maximum Gasteiger partial charge on any atom is 0.224 e. The summed E-state index contributed by atoms with van der Waals surface area (Å²) in [7, 11) is 0. The zero-order valence-corrected chi connectivity index (χ0v) is 14.2. The molecule has 4 aromatic rings. The molecule has 0 bridgehead atoms. The lowest BCUT2D eigenvalue weighted by atomic mass is 10.0. The molecule has 0 unspecified atom stereocenters. The van der Waals surface area contributed by atoms with Crippen molar-refractivity contribution in [3.05, 3.63) is 77.4 Å². The van der Waals surface area contributed by atoms with Crippen LogP contribution in [0.1, 0.15) is 11.3 Å². The van der Waals surface area contributed by atoms with E-state index in [4.69, 9.17) is 0 Å². The van der Waals surface area contributed by atoms with Crippen LogP contribution < -0.4 is 5.32 Å². The minimum atomic E-state index is -0.0259. The van der Waals surface area contributed by atoms with Crippen LogP contribution in [0.25, 0.3) is 15.8 Å². The fourth-order valence-electron chi connectivity index (χ4n) is 2.76. The van der Waals surface area contributed by atoms with Crippen LogP contribution in [-0.4, -0.2) is 20.9 Å². The van der Waals surface area contributed by atoms with Gasteiger partial charge in [-0.1, -0.05) is 47.7 Å². The lowest BCUT2D eigenvalue weighted by Crippen LogP contribution is -2.24. The van der Waals surface area contributed by atoms with E-state index in [0.29, 0.717) is 13.0 Å². The van der Waals surface area contributed by atoms with E-state index < -0.39 is 0 Å². The van der Waals surface area contributed by atoms with Crippen molar-refractivity contribution < 1.29 is 4.79 Å². The summed E-state index contributed by atoms with van der Waals surface area (Å²) in [5.41, 5.74) is 1.76. The molecular formula is C19H16N4OS. The number of thiophene rings is 1. The molecule has 0 saturated carbocycles. The average Bonchev–Trinajstić information content (AvgIpc) is 3.32. The highest BCUT2D eigenvalue weighted by molar-refractivity contribution is 7.12. The smallest absolute Gasteiger partial charge is 0.224 e. The van der Waals surface area contributed by atoms with Gasteiger partial charge in [-0.05, 0) is 33.8 Å². The molecule has 1 N–H and O–H groups in total. The zero-order valence-electron chi connectivity index (χ0n) is 13.4. The summed E-state index contributed by atoms with van der Waals surface area (Å²) in [4.78, 5) is 12.3. The third-order valence-electron chi connectivity index (χ3n) is 3.97. The van der Waals surface area contributed by atoms with Gasteiger partial charge in [0.15, 0.2) is 0 Å². The number of hydrogen-bond acceptors (Lipinski definition) is 4. The van der Waals surface area contributed by atoms with Crippen molar-refractivity contribution in [1.29, 1.82) is 0 Å². The molecule has 2 aromatic heterocycles. The summed E-state index contributed by atoms with van der Waals surface area (Å²) in [5, 5.41) is 16.4. The summed E-state index contributed by atoms with van der Waals surface area (Å²) >= 11 is 1.59. The minimum absolute atomic E-state index is 0.0259. The lowest BCUT2D eigenvalue weighted by molar-refractivity contribution is -0.120. The highest BCUT2D eigenvalue weighted by Gasteiger charge is 2.09. The van der Waals surface area contributed by atoms with Crippen LogP contribution >= 0.6 is 11.3 Å². The molecule has 0 aliphatic rings. The maximum atomic E-state index is 12.3. The van der Waals surface area contributed by atoms with Gasteiger partial charge in [-0.3, -0.25) is 4.79 Å². The Kier molecular flexibility index (Phi) is 4.26. The van der Waals surface area contributed by atoms with E-state index in [9.17, 15) is 4.79 Å². The fraction of sp³-hybridized carbons (Fsp3) is 0.105. The van der Waals surface area contributed by atoms with Gasteiger partial charge in [0, 0.05) is 0 Å². The highest BCUT2D eigenvalue weighted by atomic mass is 32.1. The van der Waals surface area contributed by atoms with Crippen molar-refractivity contribution in [2.24, 2.45) is 0 Å². The number of nitrogens with zero attached hydrogens (tertiary/aromatic N) is 3. The van der Waals surface area contributed by atoms with Crippen LogP contribution in [0.3, 0.4) is 0 Å². The topological polar surface area (TPSA) is 59.8 Å². The van der Waals surface area contributed by atoms with Gasteiger partial charge in [0.2, 0.25) is 5.91 Å². The number of aromatic nitrogens is 3. The van der Waals surface area contributed by atoms with Crippen molar-refractivity contribution >= 4 is 28.0 Å². The average molecular weight is 348 g/mol. The van der Waals surface area contributed by atoms with Gasteiger partial charge in [-0.2, -0.15) is 0 Å². The van der Waals surface area contributed by atoms with Crippen LogP contribution in [0.5, 0.6) is 0 Å². The second kappa shape index (κ2) is 6.86. The second-order valence-electron chi connectivity index (χ2n) is 5.70. The predicted molar refractivity (Wildman–Crippen MR) is 98.7 cm³/mol. The monoisotopic (exact) mass is 348 g/mol. The molecule has 4 rings (SSSR count). The van der Waals surface area contributed by atoms with Gasteiger partial charge < -0.3 is 5.32 Å². The number of fused-ring (bicyclic) bond motifs is 1. The first-order valence-corrected chi connectivity index (χ1v) is 8.86. The normalized spacial score (nSPS) is 10.9. The Bertz CT molecular complexity index is 1000. The number of carbonyl (C=O) groups excluding carboxylic acids is 1. The van der Waals surface area contributed by atoms with E-state index in [1.807, 2.05) is 54.0 Å². The van der Waals surface area contributed by atoms with Gasteiger partial charge in [0.1, 0.15) is 10.7 Å². The third-order valence-corrected chi connectivity index (χ3v) is 4.83. The fourth-order valence-corrected chi connectivity index (χ4v) is 3.41. The molecule has 0 aliphatic carbocycles. The number of benzene rings is 2. The van der Waals surface area contributed by atoms with Crippen molar-refractivity contribution in [1.82, 2.24) is 20.3 Å². The summed E-state index contributed by atoms with van der Waals surface area (Å²) in [6.07, 6.45) is 2.18. The van der Waals surface area contributed by atoms with Crippen molar-refractivity contribution in [3.63, 3.8) is 0 Å². The molecule has 0 saturated heterocycles. The van der Waals surface area contributed by atoms with Gasteiger partial charge >= 0.3 is 0 Å². The SMILES string of the molecule is O=C(Cc1cccc2ccccc12)NCc1cn(-c2cccs2)nn1. The van der Waals surface area contributed by atoms with Gasteiger partial charge in [0.05, 0.1) is 19.2 Å². The van der Waals surface area contributed by atoms with E-state index in [1.165, 1.54) is 0 Å². The molecular weight excluding hydrogens is 332 g/mol. The predicted octanol–water partition coefficient (Wildman–Crippen LogP) is 3.34. The molecule has 0 atom stereocenters. The second-order valence-corrected chi connectivity index (χ2v) is 6.62. The summed E-state index contributed by atoms with van der Waals surface area (Å²) < 4.78 is 1.72. The number of amides is 1. The Morgan fingerprint density at radius 1 is 1.08 bits per heavy atom. The van der Waals surface area contributed by atoms with Gasteiger partial charge in [0.25, 0.3) is 0 Å². The minimum Gasteiger partial charge on any atom is -0.350 e. The van der Waals surface area contributed by atoms with Crippen LogP contribution in [0, 0.1) is 0 Å². The Labute approximate surface area is 148 Å². The van der Waals surface area contributed by atoms with Crippen molar-refractivity contribution in [2.45, 2.75) is 13.0 Å². The maximum absolute atomic E-state index is 12.3. The third kappa shape index (κ3) is 3.44. The number of rotatable bonds is 5. The quantitative estimate of drug-likeness (QED) is 0.602. The largest absolute Gasteiger partial charge is 0.350 e.